The Kier molecular flexibility index (Phi) is 4.63. The zero-order chi connectivity index (χ0) is 12.8. The van der Waals surface area contributed by atoms with Crippen molar-refractivity contribution in [3.8, 4) is 0 Å². The summed E-state index contributed by atoms with van der Waals surface area (Å²) in [6.07, 6.45) is 2.32. The van der Waals surface area contributed by atoms with Crippen molar-refractivity contribution >= 4 is 11.7 Å². The number of allylic oxidation sites excluding steroid dienone is 1. The highest BCUT2D eigenvalue weighted by molar-refractivity contribution is 5.90. The second kappa shape index (κ2) is 5.98. The van der Waals surface area contributed by atoms with E-state index in [1.807, 2.05) is 13.8 Å². The molecule has 0 aromatic heterocycles. The first-order valence-corrected chi connectivity index (χ1v) is 5.21. The highest BCUT2D eigenvalue weighted by Gasteiger charge is 2.06. The van der Waals surface area contributed by atoms with Crippen LogP contribution in [0.15, 0.2) is 30.0 Å². The van der Waals surface area contributed by atoms with Crippen molar-refractivity contribution in [2.45, 2.75) is 20.3 Å². The minimum atomic E-state index is -0.683. The Morgan fingerprint density at radius 3 is 2.76 bits per heavy atom. The SMILES string of the molecule is CC/C(C)=C/NC(=O)Nc1cc(F)ccc1F. The van der Waals surface area contributed by atoms with Crippen LogP contribution in [-0.4, -0.2) is 6.03 Å². The summed E-state index contributed by atoms with van der Waals surface area (Å²) in [5.41, 5.74) is 0.782. The lowest BCUT2D eigenvalue weighted by molar-refractivity contribution is 0.255. The molecule has 0 saturated carbocycles. The molecule has 0 radical (unpaired) electrons. The van der Waals surface area contributed by atoms with Crippen LogP contribution in [0, 0.1) is 11.6 Å². The minimum absolute atomic E-state index is 0.190. The minimum Gasteiger partial charge on any atom is -0.314 e. The maximum absolute atomic E-state index is 13.2. The molecule has 0 atom stereocenters. The molecule has 5 heteroatoms. The summed E-state index contributed by atoms with van der Waals surface area (Å²) >= 11 is 0. The number of nitrogens with one attached hydrogen (secondary N) is 2. The van der Waals surface area contributed by atoms with E-state index in [0.29, 0.717) is 0 Å². The lowest BCUT2D eigenvalue weighted by Gasteiger charge is -2.06. The smallest absolute Gasteiger partial charge is 0.314 e. The van der Waals surface area contributed by atoms with E-state index < -0.39 is 17.7 Å². The third kappa shape index (κ3) is 4.22. The molecular weight excluding hydrogens is 226 g/mol. The first-order chi connectivity index (χ1) is 8.02. The fraction of sp³-hybridized carbons (Fsp3) is 0.250. The van der Waals surface area contributed by atoms with Crippen LogP contribution in [0.3, 0.4) is 0 Å². The summed E-state index contributed by atoms with van der Waals surface area (Å²) in [6, 6.07) is 2.26. The first-order valence-electron chi connectivity index (χ1n) is 5.21. The van der Waals surface area contributed by atoms with Crippen LogP contribution in [0.5, 0.6) is 0 Å². The third-order valence-corrected chi connectivity index (χ3v) is 2.18. The molecule has 92 valence electrons. The number of carbonyl (C=O) groups excluding carboxylic acids is 1. The van der Waals surface area contributed by atoms with Gasteiger partial charge in [0.15, 0.2) is 0 Å². The molecule has 0 heterocycles. The summed E-state index contributed by atoms with van der Waals surface area (Å²) in [5.74, 6) is -1.29. The number of urea groups is 1. The van der Waals surface area contributed by atoms with E-state index in [1.54, 1.807) is 0 Å². The number of anilines is 1. The molecule has 1 rings (SSSR count). The van der Waals surface area contributed by atoms with Gasteiger partial charge in [-0.05, 0) is 25.5 Å². The summed E-state index contributed by atoms with van der Waals surface area (Å²) in [4.78, 5) is 11.3. The Labute approximate surface area is 98.5 Å². The van der Waals surface area contributed by atoms with E-state index >= 15 is 0 Å². The Morgan fingerprint density at radius 2 is 2.12 bits per heavy atom. The molecule has 1 aromatic rings. The van der Waals surface area contributed by atoms with Crippen LogP contribution in [0.25, 0.3) is 0 Å². The number of rotatable bonds is 3. The molecular formula is C12H14F2N2O. The predicted octanol–water partition coefficient (Wildman–Crippen LogP) is 3.40. The fourth-order valence-electron chi connectivity index (χ4n) is 1.04. The zero-order valence-electron chi connectivity index (χ0n) is 9.68. The second-order valence-corrected chi connectivity index (χ2v) is 3.57. The van der Waals surface area contributed by atoms with Crippen molar-refractivity contribution < 1.29 is 13.6 Å². The van der Waals surface area contributed by atoms with E-state index in [1.165, 1.54) is 6.20 Å². The van der Waals surface area contributed by atoms with Crippen molar-refractivity contribution in [1.29, 1.82) is 0 Å². The first kappa shape index (κ1) is 13.2. The quantitative estimate of drug-likeness (QED) is 0.835. The lowest BCUT2D eigenvalue weighted by Crippen LogP contribution is -2.24. The van der Waals surface area contributed by atoms with Gasteiger partial charge >= 0.3 is 6.03 Å². The maximum atomic E-state index is 13.2. The molecule has 0 aliphatic heterocycles. The monoisotopic (exact) mass is 240 g/mol. The summed E-state index contributed by atoms with van der Waals surface area (Å²) in [7, 11) is 0. The predicted molar refractivity (Wildman–Crippen MR) is 62.6 cm³/mol. The number of hydrogen-bond acceptors (Lipinski definition) is 1. The number of halogens is 2. The number of hydrogen-bond donors (Lipinski definition) is 2. The van der Waals surface area contributed by atoms with Crippen LogP contribution >= 0.6 is 0 Å². The molecule has 0 aliphatic carbocycles. The van der Waals surface area contributed by atoms with Gasteiger partial charge in [-0.25, -0.2) is 13.6 Å². The van der Waals surface area contributed by atoms with Crippen LogP contribution in [0.2, 0.25) is 0 Å². The fourth-order valence-corrected chi connectivity index (χ4v) is 1.04. The van der Waals surface area contributed by atoms with Gasteiger partial charge in [0.1, 0.15) is 11.6 Å². The molecule has 0 aliphatic rings. The number of benzene rings is 1. The molecule has 0 saturated heterocycles. The summed E-state index contributed by atoms with van der Waals surface area (Å²) in [6.45, 7) is 3.79. The van der Waals surface area contributed by atoms with Gasteiger partial charge in [0.05, 0.1) is 5.69 Å². The molecule has 2 amide bonds. The van der Waals surface area contributed by atoms with Crippen molar-refractivity contribution in [2.75, 3.05) is 5.32 Å². The maximum Gasteiger partial charge on any atom is 0.323 e. The van der Waals surface area contributed by atoms with Gasteiger partial charge in [-0.15, -0.1) is 0 Å². The zero-order valence-corrected chi connectivity index (χ0v) is 9.68. The molecule has 3 nitrogen and oxygen atoms in total. The van der Waals surface area contributed by atoms with E-state index in [9.17, 15) is 13.6 Å². The summed E-state index contributed by atoms with van der Waals surface area (Å²) in [5, 5.41) is 4.65. The van der Waals surface area contributed by atoms with Gasteiger partial charge in [-0.1, -0.05) is 12.5 Å². The second-order valence-electron chi connectivity index (χ2n) is 3.57. The van der Waals surface area contributed by atoms with E-state index in [2.05, 4.69) is 10.6 Å². The lowest BCUT2D eigenvalue weighted by atomic mass is 10.2. The molecule has 0 fully saturated rings. The van der Waals surface area contributed by atoms with Gasteiger partial charge < -0.3 is 10.6 Å². The van der Waals surface area contributed by atoms with Crippen molar-refractivity contribution in [1.82, 2.24) is 5.32 Å². The molecule has 0 spiro atoms. The van der Waals surface area contributed by atoms with Crippen LogP contribution in [0.1, 0.15) is 20.3 Å². The Hall–Kier alpha value is -1.91. The van der Waals surface area contributed by atoms with Gasteiger partial charge in [-0.2, -0.15) is 0 Å². The Morgan fingerprint density at radius 1 is 1.41 bits per heavy atom. The van der Waals surface area contributed by atoms with E-state index in [-0.39, 0.29) is 5.69 Å². The van der Waals surface area contributed by atoms with E-state index in [4.69, 9.17) is 0 Å². The number of carbonyl (C=O) groups is 1. The molecule has 17 heavy (non-hydrogen) atoms. The van der Waals surface area contributed by atoms with Crippen LogP contribution < -0.4 is 10.6 Å². The molecule has 0 bridgehead atoms. The van der Waals surface area contributed by atoms with E-state index in [0.717, 1.165) is 30.2 Å². The van der Waals surface area contributed by atoms with Gasteiger partial charge in [0, 0.05) is 12.3 Å². The van der Waals surface area contributed by atoms with Gasteiger partial charge in [-0.3, -0.25) is 0 Å². The normalized spacial score (nSPS) is 11.2. The van der Waals surface area contributed by atoms with Crippen LogP contribution in [0.4, 0.5) is 19.3 Å². The van der Waals surface area contributed by atoms with Gasteiger partial charge in [0.25, 0.3) is 0 Å². The van der Waals surface area contributed by atoms with Gasteiger partial charge in [0.2, 0.25) is 0 Å². The Bertz CT molecular complexity index is 444. The summed E-state index contributed by atoms with van der Waals surface area (Å²) < 4.78 is 26.0. The molecule has 2 N–H and O–H groups in total. The van der Waals surface area contributed by atoms with Crippen molar-refractivity contribution in [3.05, 3.63) is 41.6 Å². The topological polar surface area (TPSA) is 41.1 Å². The number of amides is 2. The highest BCUT2D eigenvalue weighted by atomic mass is 19.1. The van der Waals surface area contributed by atoms with Crippen molar-refractivity contribution in [2.24, 2.45) is 0 Å². The highest BCUT2D eigenvalue weighted by Crippen LogP contribution is 2.14. The average molecular weight is 240 g/mol. The average Bonchev–Trinajstić information content (AvgIpc) is 2.30. The molecule has 0 unspecified atom stereocenters. The molecule has 1 aromatic carbocycles. The third-order valence-electron chi connectivity index (χ3n) is 2.18. The van der Waals surface area contributed by atoms with Crippen LogP contribution in [-0.2, 0) is 0 Å². The standard InChI is InChI=1S/C12H14F2N2O/c1-3-8(2)7-15-12(17)16-11-6-9(13)4-5-10(11)14/h4-7H,3H2,1-2H3,(H2,15,16,17)/b8-7+. The Balaban J connectivity index is 2.65. The largest absolute Gasteiger partial charge is 0.323 e. The van der Waals surface area contributed by atoms with Crippen molar-refractivity contribution in [3.63, 3.8) is 0 Å².